The maximum Gasteiger partial charge on any atom is 0.223 e. The van der Waals surface area contributed by atoms with Gasteiger partial charge < -0.3 is 10.2 Å². The average molecular weight is 389 g/mol. The van der Waals surface area contributed by atoms with E-state index in [1.54, 1.807) is 11.3 Å². The van der Waals surface area contributed by atoms with Crippen LogP contribution in [0.15, 0.2) is 12.3 Å². The van der Waals surface area contributed by atoms with Crippen molar-refractivity contribution in [3.05, 3.63) is 34.4 Å². The van der Waals surface area contributed by atoms with E-state index in [0.29, 0.717) is 17.2 Å². The first-order chi connectivity index (χ1) is 12.8. The highest BCUT2D eigenvalue weighted by Crippen LogP contribution is 2.24. The van der Waals surface area contributed by atoms with Crippen LogP contribution in [0.5, 0.6) is 0 Å². The maximum atomic E-state index is 11.2. The lowest BCUT2D eigenvalue weighted by molar-refractivity contribution is -0.114. The summed E-state index contributed by atoms with van der Waals surface area (Å²) in [7, 11) is 2.20. The molecule has 1 saturated heterocycles. The Balaban J connectivity index is 1.67. The van der Waals surface area contributed by atoms with Crippen LogP contribution in [0.1, 0.15) is 35.9 Å². The molecule has 7 nitrogen and oxygen atoms in total. The summed E-state index contributed by atoms with van der Waals surface area (Å²) in [5, 5.41) is 3.43. The van der Waals surface area contributed by atoms with Crippen molar-refractivity contribution < 1.29 is 4.79 Å². The molecule has 0 aromatic carbocycles. The lowest BCUT2D eigenvalue weighted by Crippen LogP contribution is -2.56. The van der Waals surface area contributed by atoms with Crippen LogP contribution >= 0.6 is 11.3 Å². The topological polar surface area (TPSA) is 74.2 Å². The van der Waals surface area contributed by atoms with Gasteiger partial charge in [0.25, 0.3) is 0 Å². The van der Waals surface area contributed by atoms with E-state index in [0.717, 1.165) is 43.3 Å². The van der Waals surface area contributed by atoms with Gasteiger partial charge in [-0.3, -0.25) is 9.69 Å². The predicted molar refractivity (Wildman–Crippen MR) is 108 cm³/mol. The molecule has 1 aliphatic rings. The molecule has 2 aromatic rings. The third-order valence-electron chi connectivity index (χ3n) is 4.90. The fourth-order valence-electron chi connectivity index (χ4n) is 3.64. The number of carbonyl (C=O) groups excluding carboxylic acids is 1. The van der Waals surface area contributed by atoms with E-state index in [2.05, 4.69) is 50.1 Å². The summed E-state index contributed by atoms with van der Waals surface area (Å²) in [6.45, 7) is 10.6. The zero-order chi connectivity index (χ0) is 19.6. The van der Waals surface area contributed by atoms with Crippen molar-refractivity contribution in [1.82, 2.24) is 24.8 Å². The third kappa shape index (κ3) is 5.31. The van der Waals surface area contributed by atoms with Gasteiger partial charge in [-0.25, -0.2) is 15.0 Å². The van der Waals surface area contributed by atoms with Gasteiger partial charge >= 0.3 is 0 Å². The summed E-state index contributed by atoms with van der Waals surface area (Å²) in [5.74, 6) is 0.753. The van der Waals surface area contributed by atoms with Crippen molar-refractivity contribution in [2.75, 3.05) is 25.5 Å². The van der Waals surface area contributed by atoms with Crippen LogP contribution in [0.2, 0.25) is 0 Å². The number of hydrogen-bond acceptors (Lipinski definition) is 7. The molecular weight excluding hydrogens is 360 g/mol. The number of anilines is 1. The van der Waals surface area contributed by atoms with E-state index in [9.17, 15) is 4.79 Å². The van der Waals surface area contributed by atoms with E-state index in [-0.39, 0.29) is 5.91 Å². The monoisotopic (exact) mass is 388 g/mol. The summed E-state index contributed by atoms with van der Waals surface area (Å²) in [6.07, 6.45) is 2.79. The van der Waals surface area contributed by atoms with E-state index in [4.69, 9.17) is 0 Å². The lowest BCUT2D eigenvalue weighted by atomic mass is 10.0. The van der Waals surface area contributed by atoms with Crippen LogP contribution in [0.25, 0.3) is 0 Å². The van der Waals surface area contributed by atoms with Crippen LogP contribution in [-0.2, 0) is 17.8 Å². The minimum absolute atomic E-state index is 0.0839. The summed E-state index contributed by atoms with van der Waals surface area (Å²) in [6, 6.07) is 2.97. The Labute approximate surface area is 164 Å². The first kappa shape index (κ1) is 19.9. The normalized spacial score (nSPS) is 21.4. The number of piperazine rings is 1. The molecule has 8 heteroatoms. The molecule has 2 atom stereocenters. The highest BCUT2D eigenvalue weighted by atomic mass is 32.1. The van der Waals surface area contributed by atoms with Gasteiger partial charge in [0, 0.05) is 67.5 Å². The van der Waals surface area contributed by atoms with Gasteiger partial charge in [0.1, 0.15) is 5.82 Å². The van der Waals surface area contributed by atoms with Gasteiger partial charge in [0.05, 0.1) is 0 Å². The molecule has 0 bridgehead atoms. The number of thiazole rings is 1. The molecular formula is C19H28N6OS. The van der Waals surface area contributed by atoms with Crippen molar-refractivity contribution in [3.8, 4) is 0 Å². The number of aromatic nitrogens is 3. The van der Waals surface area contributed by atoms with E-state index < -0.39 is 0 Å². The molecule has 0 radical (unpaired) electrons. The number of amides is 1. The minimum Gasteiger partial charge on any atom is -0.302 e. The molecule has 146 valence electrons. The lowest BCUT2D eigenvalue weighted by Gasteiger charge is -2.43. The molecule has 0 unspecified atom stereocenters. The zero-order valence-electron chi connectivity index (χ0n) is 16.7. The van der Waals surface area contributed by atoms with Gasteiger partial charge in [0.2, 0.25) is 5.91 Å². The van der Waals surface area contributed by atoms with Crippen molar-refractivity contribution in [2.45, 2.75) is 52.7 Å². The number of carbonyl (C=O) groups is 1. The van der Waals surface area contributed by atoms with Crippen LogP contribution in [0, 0.1) is 13.8 Å². The number of likely N-dealkylation sites (N-methyl/N-ethyl adjacent to an activating group) is 1. The number of hydrogen-bond donors (Lipinski definition) is 1. The predicted octanol–water partition coefficient (Wildman–Crippen LogP) is 2.26. The first-order valence-electron chi connectivity index (χ1n) is 9.28. The van der Waals surface area contributed by atoms with Gasteiger partial charge in [0.15, 0.2) is 5.13 Å². The molecule has 1 N–H and O–H groups in total. The molecule has 2 aromatic heterocycles. The van der Waals surface area contributed by atoms with Crippen LogP contribution in [0.4, 0.5) is 5.13 Å². The van der Waals surface area contributed by atoms with E-state index >= 15 is 0 Å². The average Bonchev–Trinajstić information content (AvgIpc) is 2.97. The fourth-order valence-corrected chi connectivity index (χ4v) is 4.53. The summed E-state index contributed by atoms with van der Waals surface area (Å²) < 4.78 is 0. The van der Waals surface area contributed by atoms with Gasteiger partial charge in [-0.15, -0.1) is 11.3 Å². The molecule has 0 aliphatic carbocycles. The molecule has 1 aliphatic heterocycles. The maximum absolute atomic E-state index is 11.2. The minimum atomic E-state index is -0.0839. The summed E-state index contributed by atoms with van der Waals surface area (Å²) in [5.41, 5.74) is 2.13. The second kappa shape index (κ2) is 8.41. The fraction of sp³-hybridized carbons (Fsp3) is 0.579. The Bertz CT molecular complexity index is 787. The van der Waals surface area contributed by atoms with Crippen molar-refractivity contribution in [3.63, 3.8) is 0 Å². The number of nitrogens with one attached hydrogen (secondary N) is 1. The summed E-state index contributed by atoms with van der Waals surface area (Å²) >= 11 is 1.55. The van der Waals surface area contributed by atoms with E-state index in [1.807, 2.05) is 20.0 Å². The largest absolute Gasteiger partial charge is 0.302 e. The van der Waals surface area contributed by atoms with E-state index in [1.165, 1.54) is 11.8 Å². The second-order valence-corrected chi connectivity index (χ2v) is 8.55. The standard InChI is InChI=1S/C19H28N6OS/c1-12-6-16(22-14(3)21-12)7-17-10-25(13(2)9-24(17)5)11-18-8-20-19(27-18)23-15(4)26/h6,8,13,17H,7,9-11H2,1-5H3,(H,20,23,26)/t13-,17+/m0/s1. The smallest absolute Gasteiger partial charge is 0.223 e. The number of nitrogens with zero attached hydrogens (tertiary/aromatic N) is 5. The SMILES string of the molecule is CC(=O)Nc1ncc(CN2C[C@@H](Cc3cc(C)nc(C)n3)N(C)C[C@@H]2C)s1. The van der Waals surface area contributed by atoms with Crippen LogP contribution in [0.3, 0.4) is 0 Å². The number of aryl methyl sites for hydroxylation is 2. The Morgan fingerprint density at radius 3 is 2.81 bits per heavy atom. The van der Waals surface area contributed by atoms with Crippen molar-refractivity contribution in [2.24, 2.45) is 0 Å². The molecule has 0 saturated carbocycles. The molecule has 0 spiro atoms. The Morgan fingerprint density at radius 2 is 2.11 bits per heavy atom. The Morgan fingerprint density at radius 1 is 1.33 bits per heavy atom. The highest BCUT2D eigenvalue weighted by molar-refractivity contribution is 7.15. The quantitative estimate of drug-likeness (QED) is 0.847. The van der Waals surface area contributed by atoms with Crippen molar-refractivity contribution >= 4 is 22.4 Å². The molecule has 27 heavy (non-hydrogen) atoms. The summed E-state index contributed by atoms with van der Waals surface area (Å²) in [4.78, 5) is 30.6. The van der Waals surface area contributed by atoms with Gasteiger partial charge in [-0.2, -0.15) is 0 Å². The van der Waals surface area contributed by atoms with Crippen LogP contribution in [-0.4, -0.2) is 62.9 Å². The van der Waals surface area contributed by atoms with Gasteiger partial charge in [-0.1, -0.05) is 0 Å². The number of rotatable bonds is 5. The third-order valence-corrected chi connectivity index (χ3v) is 5.80. The van der Waals surface area contributed by atoms with Crippen LogP contribution < -0.4 is 5.32 Å². The zero-order valence-corrected chi connectivity index (χ0v) is 17.5. The molecule has 1 amide bonds. The molecule has 3 rings (SSSR count). The second-order valence-electron chi connectivity index (χ2n) is 7.44. The Kier molecular flexibility index (Phi) is 6.18. The first-order valence-corrected chi connectivity index (χ1v) is 10.1. The van der Waals surface area contributed by atoms with Gasteiger partial charge in [-0.05, 0) is 33.9 Å². The van der Waals surface area contributed by atoms with Crippen molar-refractivity contribution in [1.29, 1.82) is 0 Å². The Hall–Kier alpha value is -1.90. The highest BCUT2D eigenvalue weighted by Gasteiger charge is 2.30. The molecule has 1 fully saturated rings. The molecule has 3 heterocycles.